The first-order valence-corrected chi connectivity index (χ1v) is 11.4. The zero-order valence-electron chi connectivity index (χ0n) is 17.6. The molecule has 6 N–H and O–H groups in total. The van der Waals surface area contributed by atoms with Crippen LogP contribution in [0.4, 0.5) is 17.6 Å². The van der Waals surface area contributed by atoms with Crippen LogP contribution >= 0.6 is 11.6 Å². The van der Waals surface area contributed by atoms with Crippen LogP contribution in [0.1, 0.15) is 36.3 Å². The summed E-state index contributed by atoms with van der Waals surface area (Å²) in [5.41, 5.74) is 12.3. The summed E-state index contributed by atoms with van der Waals surface area (Å²) in [5.74, 6) is 1.90. The Morgan fingerprint density at radius 1 is 1.21 bits per heavy atom. The van der Waals surface area contributed by atoms with Gasteiger partial charge in [-0.05, 0) is 42.7 Å². The van der Waals surface area contributed by atoms with E-state index in [1.165, 1.54) is 0 Å². The van der Waals surface area contributed by atoms with Gasteiger partial charge in [-0.3, -0.25) is 9.36 Å². The number of nitrogen functional groups attached to an aromatic ring is 2. The lowest BCUT2D eigenvalue weighted by molar-refractivity contribution is 0.496. The number of hydrogen-bond donors (Lipinski definition) is 4. The molecular weight excluding hydrogens is 442 g/mol. The van der Waals surface area contributed by atoms with E-state index in [4.69, 9.17) is 28.1 Å². The summed E-state index contributed by atoms with van der Waals surface area (Å²) >= 11 is 6.43. The van der Waals surface area contributed by atoms with E-state index in [9.17, 15) is 10.1 Å². The van der Waals surface area contributed by atoms with Gasteiger partial charge in [0, 0.05) is 19.1 Å². The van der Waals surface area contributed by atoms with Crippen LogP contribution < -0.4 is 27.7 Å². The number of fused-ring (bicyclic) bond motifs is 2. The number of nitrogens with zero attached hydrogens (tertiary/aromatic N) is 5. The fourth-order valence-electron chi connectivity index (χ4n) is 5.18. The van der Waals surface area contributed by atoms with Gasteiger partial charge < -0.3 is 22.1 Å². The van der Waals surface area contributed by atoms with E-state index in [2.05, 4.69) is 26.7 Å². The highest BCUT2D eigenvalue weighted by molar-refractivity contribution is 6.35. The molecule has 6 rings (SSSR count). The number of halogens is 1. The molecule has 0 spiro atoms. The number of piperidine rings is 1. The maximum Gasteiger partial charge on any atom is 0.263 e. The largest absolute Gasteiger partial charge is 0.382 e. The Kier molecular flexibility index (Phi) is 4.47. The van der Waals surface area contributed by atoms with Crippen molar-refractivity contribution in [2.75, 3.05) is 29.9 Å². The zero-order chi connectivity index (χ0) is 22.9. The molecule has 1 saturated heterocycles. The number of nitriles is 1. The fourth-order valence-corrected chi connectivity index (χ4v) is 5.43. The summed E-state index contributed by atoms with van der Waals surface area (Å²) in [6, 6.07) is 7.10. The summed E-state index contributed by atoms with van der Waals surface area (Å²) in [6.45, 7) is 1.75. The molecule has 2 aromatic heterocycles. The van der Waals surface area contributed by atoms with Crippen LogP contribution in [0, 0.1) is 29.1 Å². The summed E-state index contributed by atoms with van der Waals surface area (Å²) < 4.78 is 1.83. The Morgan fingerprint density at radius 2 is 1.97 bits per heavy atom. The molecule has 3 heterocycles. The molecule has 10 nitrogen and oxygen atoms in total. The van der Waals surface area contributed by atoms with Gasteiger partial charge >= 0.3 is 0 Å². The van der Waals surface area contributed by atoms with E-state index in [1.807, 2.05) is 4.57 Å². The first kappa shape index (κ1) is 20.2. The lowest BCUT2D eigenvalue weighted by atomic mass is 10.1. The van der Waals surface area contributed by atoms with Crippen LogP contribution in [0.25, 0.3) is 10.9 Å². The average Bonchev–Trinajstić information content (AvgIpc) is 3.68. The Labute approximate surface area is 194 Å². The highest BCUT2D eigenvalue weighted by Gasteiger charge is 2.56. The summed E-state index contributed by atoms with van der Waals surface area (Å²) in [5, 5.41) is 17.2. The van der Waals surface area contributed by atoms with Crippen LogP contribution in [0.15, 0.2) is 23.0 Å². The van der Waals surface area contributed by atoms with Crippen LogP contribution in [0.3, 0.4) is 0 Å². The minimum atomic E-state index is -0.337. The fraction of sp³-hybridized carbons (Fsp3) is 0.409. The number of nitrogens with two attached hydrogens (primary N) is 2. The third-order valence-corrected chi connectivity index (χ3v) is 7.30. The Bertz CT molecular complexity index is 1380. The van der Waals surface area contributed by atoms with Gasteiger partial charge in [0.15, 0.2) is 5.82 Å². The van der Waals surface area contributed by atoms with Gasteiger partial charge in [-0.25, -0.2) is 4.98 Å². The molecule has 1 aromatic carbocycles. The van der Waals surface area contributed by atoms with Crippen molar-refractivity contribution in [1.82, 2.24) is 24.8 Å². The smallest absolute Gasteiger partial charge is 0.263 e. The second kappa shape index (κ2) is 7.30. The number of hydrogen-bond acceptors (Lipinski definition) is 9. The molecular formula is C22H22ClN9O. The Morgan fingerprint density at radius 3 is 2.67 bits per heavy atom. The van der Waals surface area contributed by atoms with Crippen molar-refractivity contribution in [1.29, 1.82) is 5.26 Å². The molecule has 3 aromatic rings. The van der Waals surface area contributed by atoms with Gasteiger partial charge in [0.05, 0.1) is 22.0 Å². The maximum absolute atomic E-state index is 13.8. The summed E-state index contributed by atoms with van der Waals surface area (Å²) in [7, 11) is 0. The SMILES string of the molecule is N#Cc1c(N)nc(N)nc1N[C@H](c1nc2cccc(Cl)c2c(=O)n1C1[C@H]2CNC[C@@H]12)C1CC1. The molecule has 2 aliphatic carbocycles. The zero-order valence-corrected chi connectivity index (χ0v) is 18.4. The van der Waals surface area contributed by atoms with Crippen LogP contribution in [0.5, 0.6) is 0 Å². The Hall–Kier alpha value is -3.42. The first-order chi connectivity index (χ1) is 16.0. The third-order valence-electron chi connectivity index (χ3n) is 6.98. The van der Waals surface area contributed by atoms with Gasteiger partial charge in [-0.15, -0.1) is 0 Å². The summed E-state index contributed by atoms with van der Waals surface area (Å²) in [6.07, 6.45) is 1.94. The van der Waals surface area contributed by atoms with Gasteiger partial charge in [-0.1, -0.05) is 17.7 Å². The molecule has 4 atom stereocenters. The van der Waals surface area contributed by atoms with Crippen LogP contribution in [0.2, 0.25) is 5.02 Å². The van der Waals surface area contributed by atoms with E-state index in [0.717, 1.165) is 25.9 Å². The van der Waals surface area contributed by atoms with E-state index in [1.54, 1.807) is 18.2 Å². The van der Waals surface area contributed by atoms with E-state index in [0.29, 0.717) is 33.6 Å². The quantitative estimate of drug-likeness (QED) is 0.442. The van der Waals surface area contributed by atoms with Crippen molar-refractivity contribution in [2.24, 2.45) is 17.8 Å². The molecule has 2 saturated carbocycles. The lowest BCUT2D eigenvalue weighted by Gasteiger charge is -2.24. The number of nitrogens with one attached hydrogen (secondary N) is 2. The minimum absolute atomic E-state index is 0.0143. The van der Waals surface area contributed by atoms with E-state index >= 15 is 0 Å². The minimum Gasteiger partial charge on any atom is -0.382 e. The predicted molar refractivity (Wildman–Crippen MR) is 125 cm³/mol. The number of benzene rings is 1. The molecule has 0 bridgehead atoms. The van der Waals surface area contributed by atoms with Gasteiger partial charge in [-0.2, -0.15) is 15.2 Å². The van der Waals surface area contributed by atoms with E-state index in [-0.39, 0.29) is 46.7 Å². The van der Waals surface area contributed by atoms with Crippen molar-refractivity contribution in [3.05, 3.63) is 45.0 Å². The molecule has 33 heavy (non-hydrogen) atoms. The molecule has 1 unspecified atom stereocenters. The van der Waals surface area contributed by atoms with Crippen LogP contribution in [-0.4, -0.2) is 32.6 Å². The predicted octanol–water partition coefficient (Wildman–Crippen LogP) is 1.83. The van der Waals surface area contributed by atoms with Crippen molar-refractivity contribution in [2.45, 2.75) is 24.9 Å². The van der Waals surface area contributed by atoms with Crippen molar-refractivity contribution < 1.29 is 0 Å². The Balaban J connectivity index is 1.54. The maximum atomic E-state index is 13.8. The van der Waals surface area contributed by atoms with Gasteiger partial charge in [0.2, 0.25) is 5.95 Å². The normalized spacial score (nSPS) is 24.3. The molecule has 168 valence electrons. The second-order valence-corrected chi connectivity index (χ2v) is 9.42. The van der Waals surface area contributed by atoms with Crippen molar-refractivity contribution in [3.8, 4) is 6.07 Å². The van der Waals surface area contributed by atoms with Gasteiger partial charge in [0.25, 0.3) is 5.56 Å². The highest BCUT2D eigenvalue weighted by atomic mass is 35.5. The number of rotatable bonds is 5. The number of aromatic nitrogens is 4. The summed E-state index contributed by atoms with van der Waals surface area (Å²) in [4.78, 5) is 26.9. The second-order valence-electron chi connectivity index (χ2n) is 9.02. The van der Waals surface area contributed by atoms with Crippen LogP contribution in [-0.2, 0) is 0 Å². The molecule has 3 fully saturated rings. The molecule has 0 amide bonds. The van der Waals surface area contributed by atoms with E-state index < -0.39 is 0 Å². The molecule has 1 aliphatic heterocycles. The standard InChI is InChI=1S/C22H22ClN9O/c23-13-2-1-3-14-15(13)21(33)32(17-11-7-27-8-12(11)17)20(28-14)16(9-4-5-9)29-19-10(6-24)18(25)30-22(26)31-19/h1-3,9,11-12,16-17,27H,4-5,7-8H2,(H5,25,26,29,30,31)/t11-,12+,16-,17?/m0/s1. The first-order valence-electron chi connectivity index (χ1n) is 11.0. The molecule has 3 aliphatic rings. The molecule has 11 heteroatoms. The lowest BCUT2D eigenvalue weighted by Crippen LogP contribution is -2.32. The monoisotopic (exact) mass is 463 g/mol. The van der Waals surface area contributed by atoms with Gasteiger partial charge in [0.1, 0.15) is 23.3 Å². The van der Waals surface area contributed by atoms with Crippen molar-refractivity contribution in [3.63, 3.8) is 0 Å². The topological polar surface area (TPSA) is 161 Å². The molecule has 0 radical (unpaired) electrons. The average molecular weight is 464 g/mol. The third kappa shape index (κ3) is 3.19. The highest BCUT2D eigenvalue weighted by Crippen LogP contribution is 2.54. The van der Waals surface area contributed by atoms with Crippen molar-refractivity contribution >= 4 is 40.1 Å². The number of anilines is 3.